The van der Waals surface area contributed by atoms with Crippen molar-refractivity contribution in [3.05, 3.63) is 59.7 Å². The summed E-state index contributed by atoms with van der Waals surface area (Å²) in [4.78, 5) is 23.6. The zero-order valence-electron chi connectivity index (χ0n) is 15.5. The lowest BCUT2D eigenvalue weighted by atomic mass is 9.96. The van der Waals surface area contributed by atoms with Gasteiger partial charge in [0.15, 0.2) is 0 Å². The fourth-order valence-corrected chi connectivity index (χ4v) is 4.19. The summed E-state index contributed by atoms with van der Waals surface area (Å²) < 4.78 is 10.9. The minimum atomic E-state index is -0.948. The van der Waals surface area contributed by atoms with Crippen molar-refractivity contribution in [2.75, 3.05) is 19.8 Å². The van der Waals surface area contributed by atoms with Crippen LogP contribution in [0.3, 0.4) is 0 Å². The van der Waals surface area contributed by atoms with Gasteiger partial charge in [0.05, 0.1) is 13.0 Å². The van der Waals surface area contributed by atoms with E-state index < -0.39 is 18.1 Å². The maximum Gasteiger partial charge on any atom is 0.407 e. The number of hydrogen-bond donors (Lipinski definition) is 2. The van der Waals surface area contributed by atoms with Crippen molar-refractivity contribution in [3.8, 4) is 11.1 Å². The number of carboxylic acid groups (broad SMARTS) is 1. The molecule has 1 amide bonds. The number of amides is 1. The van der Waals surface area contributed by atoms with Crippen LogP contribution in [-0.4, -0.2) is 43.0 Å². The van der Waals surface area contributed by atoms with Crippen molar-refractivity contribution in [1.82, 2.24) is 5.32 Å². The van der Waals surface area contributed by atoms with Crippen molar-refractivity contribution >= 4 is 12.1 Å². The van der Waals surface area contributed by atoms with Crippen LogP contribution >= 0.6 is 0 Å². The van der Waals surface area contributed by atoms with Crippen LogP contribution in [0.1, 0.15) is 29.9 Å². The zero-order valence-corrected chi connectivity index (χ0v) is 15.5. The molecule has 0 spiro atoms. The molecule has 1 saturated heterocycles. The van der Waals surface area contributed by atoms with E-state index in [1.54, 1.807) is 0 Å². The monoisotopic (exact) mass is 381 g/mol. The number of hydrogen-bond acceptors (Lipinski definition) is 4. The van der Waals surface area contributed by atoms with Crippen LogP contribution in [0, 0.1) is 5.92 Å². The van der Waals surface area contributed by atoms with Crippen molar-refractivity contribution in [3.63, 3.8) is 0 Å². The summed E-state index contributed by atoms with van der Waals surface area (Å²) in [6.07, 6.45) is 0.0137. The van der Waals surface area contributed by atoms with E-state index >= 15 is 0 Å². The van der Waals surface area contributed by atoms with Crippen LogP contribution in [0.2, 0.25) is 0 Å². The number of ether oxygens (including phenoxy) is 2. The smallest absolute Gasteiger partial charge is 0.407 e. The molecule has 6 heteroatoms. The summed E-state index contributed by atoms with van der Waals surface area (Å²) in [5.41, 5.74) is 4.61. The van der Waals surface area contributed by atoms with Crippen molar-refractivity contribution in [2.24, 2.45) is 5.92 Å². The van der Waals surface area contributed by atoms with Gasteiger partial charge in [-0.2, -0.15) is 0 Å². The molecule has 2 aromatic rings. The Balaban J connectivity index is 1.44. The molecule has 6 nitrogen and oxygen atoms in total. The lowest BCUT2D eigenvalue weighted by molar-refractivity contribution is -0.137. The van der Waals surface area contributed by atoms with E-state index in [-0.39, 0.29) is 24.9 Å². The van der Waals surface area contributed by atoms with Gasteiger partial charge in [-0.15, -0.1) is 0 Å². The topological polar surface area (TPSA) is 84.9 Å². The number of carboxylic acids is 1. The molecule has 0 saturated carbocycles. The first-order valence-corrected chi connectivity index (χ1v) is 9.54. The molecule has 146 valence electrons. The minimum Gasteiger partial charge on any atom is -0.481 e. The van der Waals surface area contributed by atoms with E-state index in [0.29, 0.717) is 13.2 Å². The van der Waals surface area contributed by atoms with Crippen LogP contribution in [0.5, 0.6) is 0 Å². The molecule has 0 bridgehead atoms. The standard InChI is InChI=1S/C22H23NO5/c24-21(25)11-20(14-9-10-27-12-14)23-22(26)28-13-19-17-7-3-1-5-15(17)16-6-2-4-8-18(16)19/h1-8,14,19-20H,9-13H2,(H,23,26)(H,24,25)/t14-,20+/m1/s1. The molecule has 2 N–H and O–H groups in total. The largest absolute Gasteiger partial charge is 0.481 e. The summed E-state index contributed by atoms with van der Waals surface area (Å²) in [5.74, 6) is -0.974. The Morgan fingerprint density at radius 2 is 1.75 bits per heavy atom. The molecule has 1 fully saturated rings. The predicted octanol–water partition coefficient (Wildman–Crippen LogP) is 3.40. The second-order valence-corrected chi connectivity index (χ2v) is 7.30. The number of carbonyl (C=O) groups is 2. The van der Waals surface area contributed by atoms with E-state index in [0.717, 1.165) is 17.5 Å². The molecule has 4 rings (SSSR count). The molecule has 2 atom stereocenters. The van der Waals surface area contributed by atoms with Gasteiger partial charge in [-0.3, -0.25) is 4.79 Å². The number of benzene rings is 2. The van der Waals surface area contributed by atoms with E-state index in [1.807, 2.05) is 24.3 Å². The van der Waals surface area contributed by atoms with E-state index in [2.05, 4.69) is 29.6 Å². The molecule has 0 unspecified atom stereocenters. The van der Waals surface area contributed by atoms with Crippen molar-refractivity contribution in [2.45, 2.75) is 24.8 Å². The summed E-state index contributed by atoms with van der Waals surface area (Å²) in [6.45, 7) is 1.26. The molecule has 0 aromatic heterocycles. The molecule has 1 heterocycles. The van der Waals surface area contributed by atoms with Crippen molar-refractivity contribution in [1.29, 1.82) is 0 Å². The van der Waals surface area contributed by atoms with E-state index in [4.69, 9.17) is 14.6 Å². The average molecular weight is 381 g/mol. The number of rotatable bonds is 6. The molecule has 2 aliphatic rings. The first-order valence-electron chi connectivity index (χ1n) is 9.54. The van der Waals surface area contributed by atoms with Crippen molar-refractivity contribution < 1.29 is 24.2 Å². The maximum atomic E-state index is 12.4. The Bertz CT molecular complexity index is 829. The molecule has 2 aromatic carbocycles. The predicted molar refractivity (Wildman–Crippen MR) is 103 cm³/mol. The first kappa shape index (κ1) is 18.5. The Morgan fingerprint density at radius 3 is 2.32 bits per heavy atom. The fraction of sp³-hybridized carbons (Fsp3) is 0.364. The van der Waals surface area contributed by atoms with Crippen LogP contribution in [0.4, 0.5) is 4.79 Å². The minimum absolute atomic E-state index is 0.00316. The highest BCUT2D eigenvalue weighted by molar-refractivity contribution is 5.79. The van der Waals surface area contributed by atoms with Gasteiger partial charge in [-0.1, -0.05) is 48.5 Å². The van der Waals surface area contributed by atoms with Gasteiger partial charge in [0, 0.05) is 24.5 Å². The highest BCUT2D eigenvalue weighted by Crippen LogP contribution is 2.44. The first-order chi connectivity index (χ1) is 13.6. The number of fused-ring (bicyclic) bond motifs is 3. The van der Waals surface area contributed by atoms with E-state index in [9.17, 15) is 9.59 Å². The highest BCUT2D eigenvalue weighted by Gasteiger charge is 2.31. The molecule has 28 heavy (non-hydrogen) atoms. The quantitative estimate of drug-likeness (QED) is 0.801. The van der Waals surface area contributed by atoms with Gasteiger partial charge in [0.1, 0.15) is 6.61 Å². The third kappa shape index (κ3) is 3.73. The second kappa shape index (κ2) is 8.02. The number of nitrogens with one attached hydrogen (secondary N) is 1. The summed E-state index contributed by atoms with van der Waals surface area (Å²) in [6, 6.07) is 15.8. The Morgan fingerprint density at radius 1 is 1.11 bits per heavy atom. The lowest BCUT2D eigenvalue weighted by Crippen LogP contribution is -2.42. The lowest BCUT2D eigenvalue weighted by Gasteiger charge is -2.22. The van der Waals surface area contributed by atoms with Gasteiger partial charge < -0.3 is 19.9 Å². The molecule has 0 radical (unpaired) electrons. The normalized spacial score (nSPS) is 18.9. The Kier molecular flexibility index (Phi) is 5.30. The van der Waals surface area contributed by atoms with Gasteiger partial charge >= 0.3 is 12.1 Å². The summed E-state index contributed by atoms with van der Waals surface area (Å²) in [5, 5.41) is 11.9. The SMILES string of the molecule is O=C(O)C[C@H](NC(=O)OCC1c2ccccc2-c2ccccc21)[C@@H]1CCOC1. The van der Waals surface area contributed by atoms with Gasteiger partial charge in [0.2, 0.25) is 0 Å². The molecular formula is C22H23NO5. The molecule has 1 aliphatic heterocycles. The number of carbonyl (C=O) groups excluding carboxylic acids is 1. The summed E-state index contributed by atoms with van der Waals surface area (Å²) >= 11 is 0. The summed E-state index contributed by atoms with van der Waals surface area (Å²) in [7, 11) is 0. The Hall–Kier alpha value is -2.86. The van der Waals surface area contributed by atoms with Crippen LogP contribution in [0.15, 0.2) is 48.5 Å². The zero-order chi connectivity index (χ0) is 19.5. The number of alkyl carbamates (subject to hydrolysis) is 1. The second-order valence-electron chi connectivity index (χ2n) is 7.30. The maximum absolute atomic E-state index is 12.4. The van der Waals surface area contributed by atoms with Crippen LogP contribution in [-0.2, 0) is 14.3 Å². The Labute approximate surface area is 163 Å². The van der Waals surface area contributed by atoms with E-state index in [1.165, 1.54) is 11.1 Å². The van der Waals surface area contributed by atoms with Crippen LogP contribution < -0.4 is 5.32 Å². The molecule has 1 aliphatic carbocycles. The third-order valence-corrected chi connectivity index (χ3v) is 5.58. The highest BCUT2D eigenvalue weighted by atomic mass is 16.5. The van der Waals surface area contributed by atoms with Gasteiger partial charge in [0.25, 0.3) is 0 Å². The fourth-order valence-electron chi connectivity index (χ4n) is 4.19. The third-order valence-electron chi connectivity index (χ3n) is 5.58. The number of aliphatic carboxylic acids is 1. The molecular weight excluding hydrogens is 358 g/mol. The van der Waals surface area contributed by atoms with Crippen LogP contribution in [0.25, 0.3) is 11.1 Å². The van der Waals surface area contributed by atoms with Gasteiger partial charge in [-0.05, 0) is 28.7 Å². The van der Waals surface area contributed by atoms with Gasteiger partial charge in [-0.25, -0.2) is 4.79 Å². The average Bonchev–Trinajstić information content (AvgIpc) is 3.32.